The molecule has 0 spiro atoms. The second-order valence-electron chi connectivity index (χ2n) is 7.90. The minimum Gasteiger partial charge on any atom is -0.360 e. The number of rotatable bonds is 11. The van der Waals surface area contributed by atoms with E-state index in [0.717, 1.165) is 12.1 Å². The summed E-state index contributed by atoms with van der Waals surface area (Å²) in [5, 5.41) is 23.1. The summed E-state index contributed by atoms with van der Waals surface area (Å²) in [5.41, 5.74) is -1.39. The first-order valence-electron chi connectivity index (χ1n) is 11.3. The quantitative estimate of drug-likeness (QED) is 0.190. The van der Waals surface area contributed by atoms with Gasteiger partial charge in [0.2, 0.25) is 0 Å². The van der Waals surface area contributed by atoms with Gasteiger partial charge in [0.1, 0.15) is 4.90 Å². The zero-order valence-corrected chi connectivity index (χ0v) is 28.6. The van der Waals surface area contributed by atoms with Crippen LogP contribution in [0.3, 0.4) is 0 Å². The third kappa shape index (κ3) is 10.8. The number of anilines is 1. The Labute approximate surface area is 231 Å². The third-order valence-corrected chi connectivity index (χ3v) is 12.6. The topological polar surface area (TPSA) is 162 Å². The van der Waals surface area contributed by atoms with Crippen molar-refractivity contribution in [3.63, 3.8) is 0 Å². The van der Waals surface area contributed by atoms with Crippen molar-refractivity contribution in [1.29, 1.82) is 0 Å². The molecule has 2 aromatic carbocycles. The van der Waals surface area contributed by atoms with Crippen LogP contribution in [0.25, 0.3) is 0 Å². The van der Waals surface area contributed by atoms with E-state index in [1.54, 1.807) is 17.4 Å². The molecule has 0 aliphatic heterocycles. The van der Waals surface area contributed by atoms with Crippen LogP contribution in [-0.2, 0) is 53.2 Å². The number of hydrogen-bond acceptors (Lipinski definition) is 9. The van der Waals surface area contributed by atoms with Gasteiger partial charge in [-0.1, -0.05) is 24.5 Å². The van der Waals surface area contributed by atoms with Crippen molar-refractivity contribution < 1.29 is 50.7 Å². The van der Waals surface area contributed by atoms with Gasteiger partial charge in [-0.25, -0.2) is 0 Å². The Morgan fingerprint density at radius 3 is 1.89 bits per heavy atom. The van der Waals surface area contributed by atoms with Gasteiger partial charge in [-0.3, -0.25) is 20.2 Å². The zero-order valence-electron chi connectivity index (χ0n) is 21.4. The molecular formula is C22H30HgN4O8S2. The average molecular weight is 743 g/mol. The number of nitro groups is 2. The second-order valence-corrected chi connectivity index (χ2v) is 16.9. The van der Waals surface area contributed by atoms with Gasteiger partial charge >= 0.3 is 90.1 Å². The fourth-order valence-electron chi connectivity index (χ4n) is 3.20. The number of benzene rings is 2. The number of nitro benzene ring substituents is 2. The monoisotopic (exact) mass is 744 g/mol. The second kappa shape index (κ2) is 15.7. The predicted molar refractivity (Wildman–Crippen MR) is 139 cm³/mol. The molecule has 0 unspecified atom stereocenters. The number of sulfonamides is 1. The molecule has 0 aliphatic rings. The van der Waals surface area contributed by atoms with Crippen molar-refractivity contribution >= 4 is 46.8 Å². The Kier molecular flexibility index (Phi) is 13.8. The largest absolute Gasteiger partial charge is 0.360 e. The van der Waals surface area contributed by atoms with E-state index in [0.29, 0.717) is 25.9 Å². The minimum absolute atomic E-state index is 0.143. The van der Waals surface area contributed by atoms with E-state index >= 15 is 0 Å². The van der Waals surface area contributed by atoms with Crippen LogP contribution in [0.2, 0.25) is 0 Å². The molecule has 2 rings (SSSR count). The molecule has 200 valence electrons. The SMILES string of the molecule is CC(=O)[O][Hg][c]1ccccc1.CCCN(CCC)c1c([N+](=O)[O-])cc(S(=O)(=O)N=S(C)C)cc1[N+](=O)[O-]. The first-order chi connectivity index (χ1) is 17.3. The van der Waals surface area contributed by atoms with Crippen LogP contribution < -0.4 is 7.97 Å². The summed E-state index contributed by atoms with van der Waals surface area (Å²) in [5.74, 6) is -0.143. The van der Waals surface area contributed by atoms with Gasteiger partial charge in [-0.2, -0.15) is 8.42 Å². The maximum Gasteiger partial charge on any atom is 0.301 e. The maximum atomic E-state index is 12.3. The van der Waals surface area contributed by atoms with Gasteiger partial charge < -0.3 is 4.90 Å². The summed E-state index contributed by atoms with van der Waals surface area (Å²) < 4.78 is 34.4. The van der Waals surface area contributed by atoms with Gasteiger partial charge in [-0.15, -0.1) is 3.77 Å². The molecule has 0 amide bonds. The summed E-state index contributed by atoms with van der Waals surface area (Å²) in [6.07, 6.45) is 4.36. The van der Waals surface area contributed by atoms with E-state index in [1.165, 1.54) is 10.00 Å². The van der Waals surface area contributed by atoms with Gasteiger partial charge in [0.15, 0.2) is 5.69 Å². The third-order valence-electron chi connectivity index (χ3n) is 4.57. The molecule has 0 saturated heterocycles. The number of carbonyl (C=O) groups is 1. The molecule has 2 aromatic rings. The molecule has 0 heterocycles. The molecule has 0 bridgehead atoms. The predicted octanol–water partition coefficient (Wildman–Crippen LogP) is 3.75. The summed E-state index contributed by atoms with van der Waals surface area (Å²) in [4.78, 5) is 33.0. The Morgan fingerprint density at radius 2 is 1.51 bits per heavy atom. The Hall–Kier alpha value is -2.45. The molecule has 0 saturated carbocycles. The van der Waals surface area contributed by atoms with Crippen LogP contribution >= 0.6 is 0 Å². The van der Waals surface area contributed by atoms with E-state index in [9.17, 15) is 33.4 Å². The van der Waals surface area contributed by atoms with E-state index in [2.05, 4.69) is 3.77 Å². The van der Waals surface area contributed by atoms with Crippen LogP contribution in [0.1, 0.15) is 33.6 Å². The normalized spacial score (nSPS) is 10.5. The van der Waals surface area contributed by atoms with Crippen molar-refractivity contribution in [2.45, 2.75) is 38.5 Å². The fraction of sp³-hybridized carbons (Fsp3) is 0.409. The average Bonchev–Trinajstić information content (AvgIpc) is 2.82. The molecule has 0 aromatic heterocycles. The molecule has 37 heavy (non-hydrogen) atoms. The Bertz CT molecular complexity index is 1200. The van der Waals surface area contributed by atoms with Crippen LogP contribution in [-0.4, -0.2) is 49.8 Å². The standard InChI is InChI=1S/C14H22N4O6S2.C6H5.C2H4O2.Hg/c1-5-7-16(8-6-2)14-12(17(19)20)9-11(10-13(14)18(21)22)26(23,24)15-25(3)4;1-2-4-6-5-3-1;1-2(3)4;/h9-10H,5-8H2,1-4H3;1-5H;1H3,(H,3,4);/q;;;+1/p-1. The van der Waals surface area contributed by atoms with Crippen molar-refractivity contribution in [3.8, 4) is 0 Å². The summed E-state index contributed by atoms with van der Waals surface area (Å²) in [6, 6.07) is 11.6. The van der Waals surface area contributed by atoms with E-state index in [-0.39, 0.29) is 11.7 Å². The van der Waals surface area contributed by atoms with Gasteiger partial charge in [0.25, 0.3) is 10.0 Å². The first kappa shape index (κ1) is 32.6. The van der Waals surface area contributed by atoms with Crippen LogP contribution in [0.4, 0.5) is 17.1 Å². The molecule has 0 atom stereocenters. The number of hydrogen-bond donors (Lipinski definition) is 0. The van der Waals surface area contributed by atoms with Gasteiger partial charge in [0, 0.05) is 25.2 Å². The maximum absolute atomic E-state index is 12.3. The summed E-state index contributed by atoms with van der Waals surface area (Å²) in [7, 11) is -5.08. The van der Waals surface area contributed by atoms with Crippen molar-refractivity contribution in [2.75, 3.05) is 30.5 Å². The van der Waals surface area contributed by atoms with E-state index in [4.69, 9.17) is 2.64 Å². The van der Waals surface area contributed by atoms with Crippen LogP contribution in [0, 0.1) is 20.2 Å². The number of nitrogens with zero attached hydrogens (tertiary/aromatic N) is 4. The van der Waals surface area contributed by atoms with E-state index in [1.807, 2.05) is 44.2 Å². The first-order valence-corrected chi connectivity index (χ1v) is 19.7. The minimum atomic E-state index is -4.23. The molecule has 0 aliphatic carbocycles. The molecule has 0 N–H and O–H groups in total. The van der Waals surface area contributed by atoms with Crippen molar-refractivity contribution in [1.82, 2.24) is 0 Å². The van der Waals surface area contributed by atoms with Crippen molar-refractivity contribution in [2.24, 2.45) is 3.77 Å². The van der Waals surface area contributed by atoms with Crippen LogP contribution in [0.15, 0.2) is 51.1 Å². The Morgan fingerprint density at radius 1 is 1.03 bits per heavy atom. The fourth-order valence-corrected chi connectivity index (χ4v) is 8.88. The molecular weight excluding hydrogens is 713 g/mol. The van der Waals surface area contributed by atoms with E-state index < -0.39 is 71.9 Å². The molecule has 0 radical (unpaired) electrons. The zero-order chi connectivity index (χ0) is 28.2. The van der Waals surface area contributed by atoms with Gasteiger partial charge in [0.05, 0.1) is 9.85 Å². The number of carbonyl (C=O) groups excluding carboxylic acids is 1. The van der Waals surface area contributed by atoms with Gasteiger partial charge in [-0.05, 0) is 25.4 Å². The molecule has 12 nitrogen and oxygen atoms in total. The summed E-state index contributed by atoms with van der Waals surface area (Å²) in [6.45, 7) is 5.91. The smallest absolute Gasteiger partial charge is 0.301 e. The Balaban J connectivity index is 0.000000516. The molecule has 0 fully saturated rings. The summed E-state index contributed by atoms with van der Waals surface area (Å²) >= 11 is -1.52. The van der Waals surface area contributed by atoms with Crippen molar-refractivity contribution in [3.05, 3.63) is 62.7 Å². The molecule has 15 heteroatoms. The van der Waals surface area contributed by atoms with Crippen LogP contribution in [0.5, 0.6) is 0 Å².